The molecule has 3 heterocycles. The van der Waals surface area contributed by atoms with Gasteiger partial charge in [0.15, 0.2) is 27.7 Å². The molecule has 0 unspecified atom stereocenters. The molecule has 1 aliphatic heterocycles. The third-order valence-electron chi connectivity index (χ3n) is 9.32. The molecule has 0 radical (unpaired) electrons. The van der Waals surface area contributed by atoms with Crippen molar-refractivity contribution in [2.45, 2.75) is 30.9 Å². The van der Waals surface area contributed by atoms with Gasteiger partial charge in [-0.05, 0) is 41.7 Å². The molecule has 1 fully saturated rings. The summed E-state index contributed by atoms with van der Waals surface area (Å²) in [7, 11) is -4.11. The van der Waals surface area contributed by atoms with E-state index < -0.39 is 27.8 Å². The minimum atomic E-state index is -6.09. The van der Waals surface area contributed by atoms with Crippen LogP contribution in [0.25, 0.3) is 49.1 Å². The van der Waals surface area contributed by atoms with Crippen LogP contribution in [0.2, 0.25) is 0 Å². The fourth-order valence-electron chi connectivity index (χ4n) is 6.10. The van der Waals surface area contributed by atoms with Gasteiger partial charge >= 0.3 is 17.7 Å². The van der Waals surface area contributed by atoms with Crippen LogP contribution in [0.5, 0.6) is 5.75 Å². The Morgan fingerprint density at radius 3 is 2.03 bits per heavy atom. The summed E-state index contributed by atoms with van der Waals surface area (Å²) in [5.41, 5.74) is 6.73. The van der Waals surface area contributed by atoms with Gasteiger partial charge in [-0.1, -0.05) is 84.9 Å². The number of unbranched alkanes of at least 4 members (excludes halogenated alkanes) is 1. The first-order valence-electron chi connectivity index (χ1n) is 19.3. The van der Waals surface area contributed by atoms with Gasteiger partial charge in [0.1, 0.15) is 30.4 Å². The van der Waals surface area contributed by atoms with Crippen LogP contribution in [-0.4, -0.2) is 89.2 Å². The van der Waals surface area contributed by atoms with Gasteiger partial charge < -0.3 is 35.1 Å². The minimum absolute atomic E-state index is 0.0525. The Morgan fingerprint density at radius 2 is 1.48 bits per heavy atom. The molecule has 14 nitrogen and oxygen atoms in total. The van der Waals surface area contributed by atoms with Crippen molar-refractivity contribution in [3.8, 4) is 54.8 Å². The lowest BCUT2D eigenvalue weighted by atomic mass is 10.0. The molecule has 0 saturated carbocycles. The summed E-state index contributed by atoms with van der Waals surface area (Å²) in [5, 5.41) is 17.3. The number of carboxylic acid groups (broad SMARTS) is 1. The Balaban J connectivity index is 0.000000442. The molecule has 0 bridgehead atoms. The third kappa shape index (κ3) is 13.1. The summed E-state index contributed by atoms with van der Waals surface area (Å²) in [5.74, 6) is -2.30. The Kier molecular flexibility index (Phi) is 16.2. The van der Waals surface area contributed by atoms with Crippen molar-refractivity contribution in [2.24, 2.45) is 7.05 Å². The number of quaternary nitrogens is 1. The number of aromatic nitrogens is 4. The van der Waals surface area contributed by atoms with Crippen molar-refractivity contribution >= 4 is 33.5 Å². The number of ether oxygens (including phenoxy) is 1. The van der Waals surface area contributed by atoms with Gasteiger partial charge in [0.2, 0.25) is 0 Å². The van der Waals surface area contributed by atoms with Gasteiger partial charge in [0.25, 0.3) is 0 Å². The quantitative estimate of drug-likeness (QED) is 0.0518. The van der Waals surface area contributed by atoms with E-state index >= 15 is 0 Å². The zero-order chi connectivity index (χ0) is 46.7. The molecule has 64 heavy (non-hydrogen) atoms. The molecule has 2 aromatic heterocycles. The number of carbonyl (C=O) groups excluding carboxylic acids is 2. The van der Waals surface area contributed by atoms with Gasteiger partial charge in [-0.2, -0.15) is 26.3 Å². The number of rotatable bonds is 13. The average Bonchev–Trinajstić information content (AvgIpc) is 3.99. The van der Waals surface area contributed by atoms with Crippen molar-refractivity contribution in [1.82, 2.24) is 25.1 Å². The highest BCUT2D eigenvalue weighted by Crippen LogP contribution is 2.43. The van der Waals surface area contributed by atoms with Gasteiger partial charge in [-0.3, -0.25) is 0 Å². The van der Waals surface area contributed by atoms with Crippen LogP contribution in [-0.2, 0) is 28.4 Å². The SMILES string of the molecule is Cn1n[n+](-c2ccc(-c3nc(-c4ccc(-c5ccccc5)cc4)c(-c4ccccc4)s3)c(OCCN3CCNC3=O)c2)cc1CCCC[NH3+].O=C([O-])C(F)(F)F.O=S(=O)([O-])C(F)(F)F. The Bertz CT molecular complexity index is 2610. The number of aliphatic carboxylic acids is 1. The Labute approximate surface area is 367 Å². The first-order valence-corrected chi connectivity index (χ1v) is 21.6. The number of hydrogen-bond donors (Lipinski definition) is 2. The van der Waals surface area contributed by atoms with Crippen molar-refractivity contribution in [1.29, 1.82) is 0 Å². The van der Waals surface area contributed by atoms with E-state index in [0.29, 0.717) is 32.0 Å². The minimum Gasteiger partial charge on any atom is -0.741 e. The second kappa shape index (κ2) is 21.3. The number of carbonyl (C=O) groups is 2. The second-order valence-corrected chi connectivity index (χ2v) is 16.2. The van der Waals surface area contributed by atoms with Crippen LogP contribution in [0.3, 0.4) is 0 Å². The highest BCUT2D eigenvalue weighted by atomic mass is 32.2. The van der Waals surface area contributed by atoms with Gasteiger partial charge in [0.05, 0.1) is 34.4 Å². The molecule has 0 spiro atoms. The van der Waals surface area contributed by atoms with E-state index in [-0.39, 0.29) is 6.03 Å². The monoisotopic (exact) mass is 933 g/mol. The maximum atomic E-state index is 12.2. The number of urea groups is 1. The number of nitrogens with zero attached hydrogens (tertiary/aromatic N) is 5. The number of aryl methyl sites for hydroxylation is 2. The predicted octanol–water partition coefficient (Wildman–Crippen LogP) is 5.14. The molecule has 2 amide bonds. The van der Waals surface area contributed by atoms with E-state index in [4.69, 9.17) is 37.8 Å². The first kappa shape index (κ1) is 48.7. The highest BCUT2D eigenvalue weighted by molar-refractivity contribution is 7.86. The topological polar surface area (TPSA) is 201 Å². The van der Waals surface area contributed by atoms with Crippen LogP contribution in [0, 0.1) is 0 Å². The summed E-state index contributed by atoms with van der Waals surface area (Å²) < 4.78 is 101. The molecule has 6 aromatic rings. The largest absolute Gasteiger partial charge is 0.741 e. The van der Waals surface area contributed by atoms with Gasteiger partial charge in [-0.15, -0.1) is 20.7 Å². The number of amides is 2. The number of halogens is 6. The number of carboxylic acids is 1. The van der Waals surface area contributed by atoms with Crippen LogP contribution in [0.4, 0.5) is 31.1 Å². The zero-order valence-corrected chi connectivity index (χ0v) is 35.6. The summed E-state index contributed by atoms with van der Waals surface area (Å²) >= 11 is 1.66. The standard InChI is InChI=1S/C39H39N7O2S.C2HF3O2.CHF3O3S/c1-44-33(14-8-9-21-40)27-46(43-44)32-19-20-34(35(26-32)48-25-24-45-23-22-41-39(45)47)38-42-36(37(49-38)31-12-6-3-7-13-31)30-17-15-29(16-18-30)28-10-4-2-5-11-28;3-2(4,5)1(6)7;2-1(3,4)8(5,6)7/h2-7,10-13,15-20,26-27H,8-9,14,21-25,40H2,1H3;(H,6,7);(H,5,6,7). The van der Waals surface area contributed by atoms with Crippen molar-refractivity contribution in [3.63, 3.8) is 0 Å². The molecule has 0 aliphatic carbocycles. The lowest BCUT2D eigenvalue weighted by Crippen LogP contribution is -2.50. The van der Waals surface area contributed by atoms with Crippen LogP contribution >= 0.6 is 11.3 Å². The molecule has 22 heteroatoms. The molecule has 4 aromatic carbocycles. The maximum Gasteiger partial charge on any atom is 0.485 e. The average molecular weight is 934 g/mol. The van der Waals surface area contributed by atoms with E-state index in [2.05, 4.69) is 102 Å². The number of benzene rings is 4. The third-order valence-corrected chi connectivity index (χ3v) is 11.0. The van der Waals surface area contributed by atoms with E-state index in [1.807, 2.05) is 34.6 Å². The molecule has 0 atom stereocenters. The molecular weight excluding hydrogens is 893 g/mol. The van der Waals surface area contributed by atoms with E-state index in [9.17, 15) is 31.1 Å². The zero-order valence-electron chi connectivity index (χ0n) is 33.9. The van der Waals surface area contributed by atoms with E-state index in [0.717, 1.165) is 75.0 Å². The fourth-order valence-corrected chi connectivity index (χ4v) is 7.22. The number of alkyl halides is 6. The summed E-state index contributed by atoms with van der Waals surface area (Å²) in [4.78, 5) is 29.2. The smallest absolute Gasteiger partial charge is 0.485 e. The summed E-state index contributed by atoms with van der Waals surface area (Å²) in [6.07, 6.45) is 0.00274. The van der Waals surface area contributed by atoms with Crippen LogP contribution in [0.1, 0.15) is 18.5 Å². The number of thiazole rings is 1. The number of nitrogens with one attached hydrogen (secondary N) is 1. The van der Waals surface area contributed by atoms with Gasteiger partial charge in [0, 0.05) is 31.1 Å². The molecule has 1 saturated heterocycles. The second-order valence-electron chi connectivity index (χ2n) is 13.8. The Hall–Kier alpha value is -6.36. The van der Waals surface area contributed by atoms with E-state index in [1.54, 1.807) is 16.2 Å². The Morgan fingerprint density at radius 1 is 0.906 bits per heavy atom. The fraction of sp³-hybridized carbons (Fsp3) is 0.262. The molecule has 340 valence electrons. The maximum absolute atomic E-state index is 12.2. The van der Waals surface area contributed by atoms with Gasteiger partial charge in [-0.25, -0.2) is 18.2 Å². The van der Waals surface area contributed by atoms with E-state index in [1.165, 1.54) is 5.56 Å². The highest BCUT2D eigenvalue weighted by Gasteiger charge is 2.37. The predicted molar refractivity (Wildman–Crippen MR) is 220 cm³/mol. The summed E-state index contributed by atoms with van der Waals surface area (Å²) in [6.45, 7) is 3.12. The summed E-state index contributed by atoms with van der Waals surface area (Å²) in [6, 6.07) is 35.6. The van der Waals surface area contributed by atoms with Crippen molar-refractivity contribution in [3.05, 3.63) is 115 Å². The van der Waals surface area contributed by atoms with Crippen LogP contribution in [0.15, 0.2) is 109 Å². The molecular formula is C42H41F6N7O7S2. The molecule has 7 rings (SSSR count). The van der Waals surface area contributed by atoms with Crippen LogP contribution < -0.4 is 25.6 Å². The lowest BCUT2D eigenvalue weighted by molar-refractivity contribution is -0.661. The van der Waals surface area contributed by atoms with Crippen molar-refractivity contribution in [2.75, 3.05) is 32.8 Å². The normalized spacial score (nSPS) is 12.8. The first-order chi connectivity index (χ1) is 30.3. The lowest BCUT2D eigenvalue weighted by Gasteiger charge is -2.16. The molecule has 1 aliphatic rings. The number of hydrogen-bond acceptors (Lipinski definition) is 10. The van der Waals surface area contributed by atoms with Crippen molar-refractivity contribution < 1.29 is 69.2 Å². The molecule has 4 N–H and O–H groups in total.